The highest BCUT2D eigenvalue weighted by Gasteiger charge is 2.33. The molecule has 3 aromatic rings. The molecule has 10 nitrogen and oxygen atoms in total. The molecule has 2 fully saturated rings. The molecule has 2 aliphatic heterocycles. The second-order valence-corrected chi connectivity index (χ2v) is 11.6. The Morgan fingerprint density at radius 2 is 1.78 bits per heavy atom. The number of amides is 2. The SMILES string of the molecule is CCOC(=O)N1CCN(C(=O)c2cc(-c3ccc(F)cc3)nc3c2c(C)nn3C2CCS(=O)(=O)C2)CC1. The fourth-order valence-corrected chi connectivity index (χ4v) is 6.64. The van der Waals surface area contributed by atoms with E-state index in [-0.39, 0.29) is 30.1 Å². The number of aromatic nitrogens is 3. The van der Waals surface area contributed by atoms with Crippen molar-refractivity contribution in [2.75, 3.05) is 44.3 Å². The maximum absolute atomic E-state index is 13.8. The number of carbonyl (C=O) groups excluding carboxylic acids is 2. The van der Waals surface area contributed by atoms with Crippen LogP contribution in [0.2, 0.25) is 0 Å². The molecule has 4 heterocycles. The van der Waals surface area contributed by atoms with Crippen molar-refractivity contribution in [1.82, 2.24) is 24.6 Å². The van der Waals surface area contributed by atoms with Gasteiger partial charge in [0, 0.05) is 31.7 Å². The van der Waals surface area contributed by atoms with Crippen molar-refractivity contribution in [3.8, 4) is 11.3 Å². The lowest BCUT2D eigenvalue weighted by atomic mass is 10.0. The summed E-state index contributed by atoms with van der Waals surface area (Å²) >= 11 is 0. The highest BCUT2D eigenvalue weighted by atomic mass is 32.2. The summed E-state index contributed by atoms with van der Waals surface area (Å²) in [5.74, 6) is -0.588. The number of halogens is 1. The number of piperazine rings is 1. The number of hydrogen-bond donors (Lipinski definition) is 0. The first-order chi connectivity index (χ1) is 17.7. The lowest BCUT2D eigenvalue weighted by Gasteiger charge is -2.34. The van der Waals surface area contributed by atoms with Crippen molar-refractivity contribution < 1.29 is 27.1 Å². The molecular weight excluding hydrogens is 501 g/mol. The number of rotatable bonds is 4. The van der Waals surface area contributed by atoms with Crippen LogP contribution in [0, 0.1) is 12.7 Å². The summed E-state index contributed by atoms with van der Waals surface area (Å²) in [6, 6.07) is 7.12. The third-order valence-corrected chi connectivity index (χ3v) is 8.60. The molecule has 5 rings (SSSR count). The Morgan fingerprint density at radius 1 is 1.11 bits per heavy atom. The Hall–Kier alpha value is -3.54. The quantitative estimate of drug-likeness (QED) is 0.511. The van der Waals surface area contributed by atoms with Crippen LogP contribution in [0.4, 0.5) is 9.18 Å². The second-order valence-electron chi connectivity index (χ2n) is 9.33. The molecule has 0 radical (unpaired) electrons. The van der Waals surface area contributed by atoms with Gasteiger partial charge in [0.15, 0.2) is 15.5 Å². The van der Waals surface area contributed by atoms with Gasteiger partial charge < -0.3 is 14.5 Å². The van der Waals surface area contributed by atoms with Crippen LogP contribution in [0.1, 0.15) is 35.4 Å². The van der Waals surface area contributed by atoms with Crippen molar-refractivity contribution >= 4 is 32.9 Å². The molecule has 0 spiro atoms. The maximum Gasteiger partial charge on any atom is 0.409 e. The van der Waals surface area contributed by atoms with Crippen molar-refractivity contribution in [3.63, 3.8) is 0 Å². The number of nitrogens with zero attached hydrogens (tertiary/aromatic N) is 5. The van der Waals surface area contributed by atoms with Crippen molar-refractivity contribution in [1.29, 1.82) is 0 Å². The minimum absolute atomic E-state index is 0.0369. The minimum atomic E-state index is -3.18. The molecule has 2 aliphatic rings. The molecule has 196 valence electrons. The van der Waals surface area contributed by atoms with Gasteiger partial charge in [0.25, 0.3) is 5.91 Å². The van der Waals surface area contributed by atoms with E-state index in [0.717, 1.165) is 0 Å². The number of sulfone groups is 1. The average molecular weight is 530 g/mol. The molecule has 0 N–H and O–H groups in total. The van der Waals surface area contributed by atoms with Gasteiger partial charge in [0.2, 0.25) is 0 Å². The van der Waals surface area contributed by atoms with Crippen molar-refractivity contribution in [3.05, 3.63) is 47.4 Å². The van der Waals surface area contributed by atoms with E-state index in [4.69, 9.17) is 9.72 Å². The summed E-state index contributed by atoms with van der Waals surface area (Å²) < 4.78 is 44.6. The predicted octanol–water partition coefficient (Wildman–Crippen LogP) is 2.82. The number of hydrogen-bond acceptors (Lipinski definition) is 7. The largest absolute Gasteiger partial charge is 0.450 e. The van der Waals surface area contributed by atoms with Crippen LogP contribution < -0.4 is 0 Å². The topological polar surface area (TPSA) is 115 Å². The molecule has 12 heteroatoms. The highest BCUT2D eigenvalue weighted by molar-refractivity contribution is 7.91. The Bertz CT molecular complexity index is 1460. The Kier molecular flexibility index (Phi) is 6.61. The molecule has 2 aromatic heterocycles. The number of ether oxygens (including phenoxy) is 1. The summed E-state index contributed by atoms with van der Waals surface area (Å²) in [6.07, 6.45) is 0.0169. The van der Waals surface area contributed by atoms with Crippen LogP contribution in [-0.2, 0) is 14.6 Å². The third kappa shape index (κ3) is 4.89. The highest BCUT2D eigenvalue weighted by Crippen LogP contribution is 2.33. The van der Waals surface area contributed by atoms with E-state index < -0.39 is 21.7 Å². The first kappa shape index (κ1) is 25.1. The molecule has 0 aliphatic carbocycles. The molecule has 0 bridgehead atoms. The lowest BCUT2D eigenvalue weighted by molar-refractivity contribution is 0.0572. The molecule has 1 unspecified atom stereocenters. The van der Waals surface area contributed by atoms with E-state index in [0.29, 0.717) is 66.1 Å². The van der Waals surface area contributed by atoms with Gasteiger partial charge in [-0.15, -0.1) is 0 Å². The average Bonchev–Trinajstić information content (AvgIpc) is 3.42. The number of pyridine rings is 1. The summed E-state index contributed by atoms with van der Waals surface area (Å²) in [5.41, 5.74) is 2.47. The Morgan fingerprint density at radius 3 is 2.41 bits per heavy atom. The molecule has 2 saturated heterocycles. The standard InChI is InChI=1S/C25H28FN5O5S/c1-3-36-25(33)30-11-9-29(10-12-30)24(32)20-14-21(17-4-6-18(26)7-5-17)27-23-22(20)16(2)28-31(23)19-8-13-37(34,35)15-19/h4-7,14,19H,3,8-13,15H2,1-2H3. The minimum Gasteiger partial charge on any atom is -0.450 e. The number of benzene rings is 1. The van der Waals surface area contributed by atoms with Gasteiger partial charge in [-0.25, -0.2) is 27.3 Å². The monoisotopic (exact) mass is 529 g/mol. The second kappa shape index (κ2) is 9.73. The van der Waals surface area contributed by atoms with E-state index in [1.54, 1.807) is 46.5 Å². The summed E-state index contributed by atoms with van der Waals surface area (Å²) in [7, 11) is -3.18. The molecule has 1 aromatic carbocycles. The van der Waals surface area contributed by atoms with Gasteiger partial charge >= 0.3 is 6.09 Å². The smallest absolute Gasteiger partial charge is 0.409 e. The van der Waals surface area contributed by atoms with Crippen LogP contribution in [0.3, 0.4) is 0 Å². The van der Waals surface area contributed by atoms with E-state index in [9.17, 15) is 22.4 Å². The fraction of sp³-hybridized carbons (Fsp3) is 0.440. The number of fused-ring (bicyclic) bond motifs is 1. The van der Waals surface area contributed by atoms with E-state index >= 15 is 0 Å². The van der Waals surface area contributed by atoms with E-state index in [1.165, 1.54) is 12.1 Å². The molecular formula is C25H28FN5O5S. The zero-order valence-corrected chi connectivity index (χ0v) is 21.5. The van der Waals surface area contributed by atoms with Gasteiger partial charge in [0.1, 0.15) is 5.82 Å². The van der Waals surface area contributed by atoms with Gasteiger partial charge in [-0.3, -0.25) is 4.79 Å². The fourth-order valence-electron chi connectivity index (χ4n) is 4.95. The summed E-state index contributed by atoms with van der Waals surface area (Å²) in [4.78, 5) is 33.9. The first-order valence-corrected chi connectivity index (χ1v) is 14.1. The summed E-state index contributed by atoms with van der Waals surface area (Å²) in [6.45, 7) is 5.17. The molecule has 1 atom stereocenters. The molecule has 37 heavy (non-hydrogen) atoms. The van der Waals surface area contributed by atoms with Crippen molar-refractivity contribution in [2.24, 2.45) is 0 Å². The van der Waals surface area contributed by atoms with Crippen LogP contribution >= 0.6 is 0 Å². The Balaban J connectivity index is 1.56. The molecule has 2 amide bonds. The number of aryl methyl sites for hydroxylation is 1. The van der Waals surface area contributed by atoms with Crippen LogP contribution in [0.5, 0.6) is 0 Å². The third-order valence-electron chi connectivity index (χ3n) is 6.85. The van der Waals surface area contributed by atoms with Gasteiger partial charge in [-0.1, -0.05) is 0 Å². The summed E-state index contributed by atoms with van der Waals surface area (Å²) in [5, 5.41) is 5.18. The predicted molar refractivity (Wildman–Crippen MR) is 134 cm³/mol. The lowest BCUT2D eigenvalue weighted by Crippen LogP contribution is -2.50. The van der Waals surface area contributed by atoms with E-state index in [2.05, 4.69) is 5.10 Å². The van der Waals surface area contributed by atoms with Crippen molar-refractivity contribution in [2.45, 2.75) is 26.3 Å². The van der Waals surface area contributed by atoms with Gasteiger partial charge in [-0.05, 0) is 50.6 Å². The van der Waals surface area contributed by atoms with Crippen LogP contribution in [0.15, 0.2) is 30.3 Å². The zero-order chi connectivity index (χ0) is 26.3. The van der Waals surface area contributed by atoms with Gasteiger partial charge in [0.05, 0.1) is 46.5 Å². The van der Waals surface area contributed by atoms with Crippen LogP contribution in [-0.4, -0.2) is 89.3 Å². The molecule has 0 saturated carbocycles. The van der Waals surface area contributed by atoms with Gasteiger partial charge in [-0.2, -0.15) is 5.10 Å². The Labute approximate surface area is 213 Å². The number of carbonyl (C=O) groups is 2. The zero-order valence-electron chi connectivity index (χ0n) is 20.7. The first-order valence-electron chi connectivity index (χ1n) is 12.2. The maximum atomic E-state index is 13.8. The normalized spacial score (nSPS) is 19.4. The van der Waals surface area contributed by atoms with E-state index in [1.807, 2.05) is 0 Å². The van der Waals surface area contributed by atoms with Crippen LogP contribution in [0.25, 0.3) is 22.3 Å².